The van der Waals surface area contributed by atoms with Crippen molar-refractivity contribution in [2.45, 2.75) is 0 Å². The quantitative estimate of drug-likeness (QED) is 0.705. The molecule has 82 valence electrons. The standard InChI is InChI=1S/C10H9N3O3/c1-12-7-11-13(9(12)14)10(15)16-8-5-3-2-4-6-8/h2-7H,1H3. The second-order valence-corrected chi connectivity index (χ2v) is 3.12. The summed E-state index contributed by atoms with van der Waals surface area (Å²) < 4.78 is 6.79. The number of aryl methyl sites for hydroxylation is 1. The molecule has 0 aliphatic heterocycles. The number of carbonyl (C=O) groups is 1. The first-order valence-electron chi connectivity index (χ1n) is 4.56. The number of hydrogen-bond donors (Lipinski definition) is 0. The smallest absolute Gasteiger partial charge is 0.409 e. The molecule has 6 nitrogen and oxygen atoms in total. The SMILES string of the molecule is Cn1cnn(C(=O)Oc2ccccc2)c1=O. The highest BCUT2D eigenvalue weighted by molar-refractivity contribution is 5.71. The Morgan fingerprint density at radius 1 is 1.31 bits per heavy atom. The fourth-order valence-electron chi connectivity index (χ4n) is 1.14. The van der Waals surface area contributed by atoms with Gasteiger partial charge in [0.15, 0.2) is 0 Å². The molecule has 2 rings (SSSR count). The van der Waals surface area contributed by atoms with Crippen molar-refractivity contribution < 1.29 is 9.53 Å². The van der Waals surface area contributed by atoms with Crippen molar-refractivity contribution in [1.29, 1.82) is 0 Å². The summed E-state index contributed by atoms with van der Waals surface area (Å²) in [5.74, 6) is 0.366. The first-order valence-corrected chi connectivity index (χ1v) is 4.56. The average molecular weight is 219 g/mol. The van der Waals surface area contributed by atoms with Gasteiger partial charge < -0.3 is 4.74 Å². The minimum atomic E-state index is -0.822. The van der Waals surface area contributed by atoms with Gasteiger partial charge in [-0.15, -0.1) is 9.78 Å². The van der Waals surface area contributed by atoms with Crippen molar-refractivity contribution in [3.05, 3.63) is 47.1 Å². The maximum atomic E-state index is 11.5. The zero-order valence-corrected chi connectivity index (χ0v) is 8.53. The molecule has 0 saturated heterocycles. The first kappa shape index (κ1) is 10.2. The third-order valence-corrected chi connectivity index (χ3v) is 1.94. The van der Waals surface area contributed by atoms with Crippen LogP contribution in [0.3, 0.4) is 0 Å². The molecule has 0 saturated carbocycles. The topological polar surface area (TPSA) is 66.1 Å². The number of para-hydroxylation sites is 1. The van der Waals surface area contributed by atoms with Crippen LogP contribution < -0.4 is 10.4 Å². The van der Waals surface area contributed by atoms with Gasteiger partial charge in [-0.2, -0.15) is 0 Å². The lowest BCUT2D eigenvalue weighted by Gasteiger charge is -2.01. The highest BCUT2D eigenvalue weighted by Crippen LogP contribution is 2.08. The number of benzene rings is 1. The fraction of sp³-hybridized carbons (Fsp3) is 0.100. The van der Waals surface area contributed by atoms with Gasteiger partial charge >= 0.3 is 11.8 Å². The molecule has 16 heavy (non-hydrogen) atoms. The van der Waals surface area contributed by atoms with Gasteiger partial charge in [-0.1, -0.05) is 18.2 Å². The highest BCUT2D eigenvalue weighted by Gasteiger charge is 2.12. The summed E-state index contributed by atoms with van der Waals surface area (Å²) in [7, 11) is 1.50. The second kappa shape index (κ2) is 4.01. The lowest BCUT2D eigenvalue weighted by molar-refractivity contribution is 0.197. The molecule has 6 heteroatoms. The molecule has 0 bridgehead atoms. The lowest BCUT2D eigenvalue weighted by Crippen LogP contribution is -2.31. The van der Waals surface area contributed by atoms with E-state index in [1.54, 1.807) is 30.3 Å². The van der Waals surface area contributed by atoms with Gasteiger partial charge in [-0.3, -0.25) is 4.57 Å². The normalized spacial score (nSPS) is 10.1. The van der Waals surface area contributed by atoms with Gasteiger partial charge in [0, 0.05) is 7.05 Å². The van der Waals surface area contributed by atoms with Crippen LogP contribution in [0, 0.1) is 0 Å². The van der Waals surface area contributed by atoms with E-state index in [1.807, 2.05) is 0 Å². The van der Waals surface area contributed by atoms with E-state index in [0.29, 0.717) is 10.4 Å². The van der Waals surface area contributed by atoms with E-state index in [4.69, 9.17) is 4.74 Å². The van der Waals surface area contributed by atoms with Crippen molar-refractivity contribution >= 4 is 6.09 Å². The van der Waals surface area contributed by atoms with Crippen molar-refractivity contribution in [2.24, 2.45) is 7.05 Å². The lowest BCUT2D eigenvalue weighted by atomic mass is 10.3. The Morgan fingerprint density at radius 3 is 2.56 bits per heavy atom. The Hall–Kier alpha value is -2.37. The van der Waals surface area contributed by atoms with Crippen LogP contribution in [0.15, 0.2) is 41.5 Å². The molecule has 0 N–H and O–H groups in total. The van der Waals surface area contributed by atoms with Gasteiger partial charge in [0.2, 0.25) is 0 Å². The fourth-order valence-corrected chi connectivity index (χ4v) is 1.14. The maximum absolute atomic E-state index is 11.5. The van der Waals surface area contributed by atoms with E-state index in [2.05, 4.69) is 5.10 Å². The van der Waals surface area contributed by atoms with Crippen LogP contribution in [0.4, 0.5) is 4.79 Å². The van der Waals surface area contributed by atoms with E-state index in [1.165, 1.54) is 17.9 Å². The third kappa shape index (κ3) is 1.85. The Bertz CT molecular complexity index is 556. The molecular formula is C10H9N3O3. The summed E-state index contributed by atoms with van der Waals surface area (Å²) in [4.78, 5) is 22.9. The number of ether oxygens (including phenoxy) is 1. The molecule has 0 spiro atoms. The monoisotopic (exact) mass is 219 g/mol. The molecule has 1 aromatic heterocycles. The van der Waals surface area contributed by atoms with Gasteiger partial charge in [0.25, 0.3) is 0 Å². The number of carbonyl (C=O) groups excluding carboxylic acids is 1. The number of nitrogens with zero attached hydrogens (tertiary/aromatic N) is 3. The second-order valence-electron chi connectivity index (χ2n) is 3.12. The minimum absolute atomic E-state index is 0.366. The van der Waals surface area contributed by atoms with Gasteiger partial charge in [0.1, 0.15) is 12.1 Å². The van der Waals surface area contributed by atoms with Crippen LogP contribution in [0.25, 0.3) is 0 Å². The van der Waals surface area contributed by atoms with E-state index in [0.717, 1.165) is 0 Å². The molecule has 1 heterocycles. The highest BCUT2D eigenvalue weighted by atomic mass is 16.6. The molecule has 1 aromatic carbocycles. The van der Waals surface area contributed by atoms with E-state index in [9.17, 15) is 9.59 Å². The maximum Gasteiger partial charge on any atom is 0.444 e. The number of aromatic nitrogens is 3. The van der Waals surface area contributed by atoms with Crippen LogP contribution in [0.5, 0.6) is 5.75 Å². The summed E-state index contributed by atoms with van der Waals surface area (Å²) in [6.07, 6.45) is 0.422. The molecular weight excluding hydrogens is 210 g/mol. The van der Waals surface area contributed by atoms with Gasteiger partial charge in [-0.25, -0.2) is 9.59 Å². The Morgan fingerprint density at radius 2 is 2.00 bits per heavy atom. The van der Waals surface area contributed by atoms with Crippen molar-refractivity contribution in [2.75, 3.05) is 0 Å². The summed E-state index contributed by atoms with van der Waals surface area (Å²) >= 11 is 0. The zero-order valence-electron chi connectivity index (χ0n) is 8.53. The van der Waals surface area contributed by atoms with Crippen LogP contribution in [0.1, 0.15) is 0 Å². The minimum Gasteiger partial charge on any atom is -0.409 e. The van der Waals surface area contributed by atoms with E-state index < -0.39 is 11.8 Å². The van der Waals surface area contributed by atoms with Crippen molar-refractivity contribution in [3.63, 3.8) is 0 Å². The molecule has 2 aromatic rings. The van der Waals surface area contributed by atoms with E-state index >= 15 is 0 Å². The largest absolute Gasteiger partial charge is 0.444 e. The molecule has 0 unspecified atom stereocenters. The third-order valence-electron chi connectivity index (χ3n) is 1.94. The molecule has 0 radical (unpaired) electrons. The Labute approximate surface area is 90.7 Å². The van der Waals surface area contributed by atoms with Crippen LogP contribution in [-0.2, 0) is 7.05 Å². The summed E-state index contributed by atoms with van der Waals surface area (Å²) in [5.41, 5.74) is -0.541. The van der Waals surface area contributed by atoms with Crippen LogP contribution >= 0.6 is 0 Å². The van der Waals surface area contributed by atoms with Crippen LogP contribution in [-0.4, -0.2) is 20.4 Å². The predicted molar refractivity (Wildman–Crippen MR) is 55.3 cm³/mol. The van der Waals surface area contributed by atoms with E-state index in [-0.39, 0.29) is 0 Å². The van der Waals surface area contributed by atoms with Crippen molar-refractivity contribution in [3.8, 4) is 5.75 Å². The van der Waals surface area contributed by atoms with Gasteiger partial charge in [0.05, 0.1) is 0 Å². The molecule has 0 aliphatic rings. The zero-order chi connectivity index (χ0) is 11.5. The Kier molecular flexibility index (Phi) is 2.55. The summed E-state index contributed by atoms with van der Waals surface area (Å²) in [6.45, 7) is 0. The number of rotatable bonds is 1. The molecule has 0 fully saturated rings. The average Bonchev–Trinajstić information content (AvgIpc) is 2.61. The molecule has 0 amide bonds. The predicted octanol–water partition coefficient (Wildman–Crippen LogP) is 0.629. The van der Waals surface area contributed by atoms with Crippen molar-refractivity contribution in [1.82, 2.24) is 14.3 Å². The summed E-state index contributed by atoms with van der Waals surface area (Å²) in [6, 6.07) is 8.48. The summed E-state index contributed by atoms with van der Waals surface area (Å²) in [5, 5.41) is 3.60. The van der Waals surface area contributed by atoms with Gasteiger partial charge in [-0.05, 0) is 12.1 Å². The van der Waals surface area contributed by atoms with Crippen LogP contribution in [0.2, 0.25) is 0 Å². The molecule has 0 aliphatic carbocycles. The Balaban J connectivity index is 2.22. The number of hydrogen-bond acceptors (Lipinski definition) is 4. The first-order chi connectivity index (χ1) is 7.68. The molecule has 0 atom stereocenters.